The fourth-order valence-corrected chi connectivity index (χ4v) is 2.84. The summed E-state index contributed by atoms with van der Waals surface area (Å²) in [5.74, 6) is -60.5. The second kappa shape index (κ2) is 10.9. The molecule has 0 fully saturated rings. The normalized spacial score (nSPS) is 17.5. The summed E-state index contributed by atoms with van der Waals surface area (Å²) in [6.07, 6.45) is -21.4. The topological polar surface area (TPSA) is 58.6 Å². The van der Waals surface area contributed by atoms with E-state index >= 15 is 0 Å². The number of phosphoric acid groups is 1. The molecule has 0 aliphatic heterocycles. The summed E-state index contributed by atoms with van der Waals surface area (Å²) < 4.78 is 299. The molecule has 0 saturated heterocycles. The van der Waals surface area contributed by atoms with Gasteiger partial charge in [-0.3, -0.25) is 4.57 Å². The molecule has 0 rings (SSSR count). The van der Waals surface area contributed by atoms with Gasteiger partial charge in [-0.1, -0.05) is 0 Å². The van der Waals surface area contributed by atoms with Crippen LogP contribution in [0.2, 0.25) is 0 Å². The zero-order chi connectivity index (χ0) is 33.7. The van der Waals surface area contributed by atoms with E-state index in [1.54, 1.807) is 0 Å². The minimum Gasteiger partial charge on any atom is -0.756 e. The maximum absolute atomic E-state index is 13.5. The Bertz CT molecular complexity index is 953. The lowest BCUT2D eigenvalue weighted by molar-refractivity contribution is -0.440. The maximum Gasteiger partial charge on any atom is 0.460 e. The predicted octanol–water partition coefficient (Wildman–Crippen LogP) is 7.48. The minimum absolute atomic E-state index is 2.55. The first kappa shape index (κ1) is 39.6. The van der Waals surface area contributed by atoms with E-state index in [9.17, 15) is 106 Å². The van der Waals surface area contributed by atoms with Gasteiger partial charge < -0.3 is 13.9 Å². The van der Waals surface area contributed by atoms with E-state index in [-0.39, 0.29) is 0 Å². The molecule has 248 valence electrons. The molecule has 0 aromatic carbocycles. The van der Waals surface area contributed by atoms with Crippen molar-refractivity contribution in [3.63, 3.8) is 0 Å². The van der Waals surface area contributed by atoms with Crippen LogP contribution in [-0.2, 0) is 13.6 Å². The Labute approximate surface area is 210 Å². The van der Waals surface area contributed by atoms with E-state index < -0.39 is 93.6 Å². The SMILES string of the molecule is O=P([O-])(OCCC(F)(F)C(F)(F)C(F)(F)C(F)(F)F)OCCC(F)(F)C(F)(F)C(F)(F)C(F)(F)C(F)(F)C(F)(F)F. The smallest absolute Gasteiger partial charge is 0.460 e. The highest BCUT2D eigenvalue weighted by atomic mass is 31.2. The molecular weight excluding hydrogens is 681 g/mol. The molecule has 0 radical (unpaired) electrons. The number of rotatable bonds is 14. The van der Waals surface area contributed by atoms with Gasteiger partial charge in [0, 0.05) is 12.8 Å². The van der Waals surface area contributed by atoms with Crippen molar-refractivity contribution >= 4 is 7.82 Å². The van der Waals surface area contributed by atoms with E-state index in [4.69, 9.17) is 0 Å². The third kappa shape index (κ3) is 6.88. The van der Waals surface area contributed by atoms with Gasteiger partial charge in [0.25, 0.3) is 7.82 Å². The van der Waals surface area contributed by atoms with Gasteiger partial charge in [0.05, 0.1) is 13.2 Å². The molecule has 4 nitrogen and oxygen atoms in total. The van der Waals surface area contributed by atoms with Crippen molar-refractivity contribution in [3.8, 4) is 0 Å². The maximum atomic E-state index is 13.5. The Morgan fingerprint density at radius 2 is 0.634 bits per heavy atom. The Morgan fingerprint density at radius 1 is 0.415 bits per heavy atom. The second-order valence-electron chi connectivity index (χ2n) is 7.46. The van der Waals surface area contributed by atoms with Crippen molar-refractivity contribution in [1.29, 1.82) is 0 Å². The first-order valence-corrected chi connectivity index (χ1v) is 10.6. The van der Waals surface area contributed by atoms with E-state index in [1.807, 2.05) is 0 Å². The van der Waals surface area contributed by atoms with Gasteiger partial charge in [0.15, 0.2) is 0 Å². The summed E-state index contributed by atoms with van der Waals surface area (Å²) in [7, 11) is -6.58. The highest BCUT2D eigenvalue weighted by Crippen LogP contribution is 2.61. The molecule has 0 aliphatic carbocycles. The Morgan fingerprint density at radius 3 is 0.902 bits per heavy atom. The average molecular weight is 689 g/mol. The molecule has 0 N–H and O–H groups in total. The highest BCUT2D eigenvalue weighted by molar-refractivity contribution is 7.45. The van der Waals surface area contributed by atoms with Crippen LogP contribution in [0.15, 0.2) is 0 Å². The molecule has 41 heavy (non-hydrogen) atoms. The van der Waals surface area contributed by atoms with Gasteiger partial charge in [-0.05, 0) is 0 Å². The van der Waals surface area contributed by atoms with Gasteiger partial charge in [-0.25, -0.2) is 0 Å². The van der Waals surface area contributed by atoms with Crippen LogP contribution < -0.4 is 4.89 Å². The van der Waals surface area contributed by atoms with Gasteiger partial charge in [0.2, 0.25) is 0 Å². The highest BCUT2D eigenvalue weighted by Gasteiger charge is 2.90. The van der Waals surface area contributed by atoms with E-state index in [2.05, 4.69) is 9.05 Å². The molecule has 0 aliphatic rings. The molecule has 1 unspecified atom stereocenters. The number of phosphoric ester groups is 1. The van der Waals surface area contributed by atoms with Crippen LogP contribution in [0.1, 0.15) is 12.8 Å². The van der Waals surface area contributed by atoms with Crippen LogP contribution in [0.5, 0.6) is 0 Å². The quantitative estimate of drug-likeness (QED) is 0.140. The first-order chi connectivity index (χ1) is 17.4. The largest absolute Gasteiger partial charge is 0.756 e. The van der Waals surface area contributed by atoms with Gasteiger partial charge >= 0.3 is 59.7 Å². The van der Waals surface area contributed by atoms with Gasteiger partial charge in [0.1, 0.15) is 0 Å². The van der Waals surface area contributed by atoms with Crippen molar-refractivity contribution < 1.29 is 115 Å². The van der Waals surface area contributed by atoms with Crippen molar-refractivity contribution in [2.45, 2.75) is 72.6 Å². The summed E-state index contributed by atoms with van der Waals surface area (Å²) in [6.45, 7) is -5.26. The predicted molar refractivity (Wildman–Crippen MR) is 80.4 cm³/mol. The molecule has 0 amide bonds. The van der Waals surface area contributed by atoms with Crippen LogP contribution in [-0.4, -0.2) is 72.9 Å². The summed E-state index contributed by atoms with van der Waals surface area (Å²) in [6, 6.07) is 0. The Kier molecular flexibility index (Phi) is 10.6. The monoisotopic (exact) mass is 689 g/mol. The zero-order valence-corrected chi connectivity index (χ0v) is 19.1. The third-order valence-corrected chi connectivity index (χ3v) is 5.54. The first-order valence-electron chi connectivity index (χ1n) is 9.17. The fraction of sp³-hybridized carbons (Fsp3) is 1.00. The molecular formula is C14H8F22O4P-. The van der Waals surface area contributed by atoms with E-state index in [0.717, 1.165) is 0 Å². The summed E-state index contributed by atoms with van der Waals surface area (Å²) in [5.41, 5.74) is 0. The van der Waals surface area contributed by atoms with Crippen LogP contribution in [0.25, 0.3) is 0 Å². The van der Waals surface area contributed by atoms with E-state index in [0.29, 0.717) is 0 Å². The average Bonchev–Trinajstić information content (AvgIpc) is 2.70. The Hall–Kier alpha value is -1.43. The fourth-order valence-electron chi connectivity index (χ4n) is 2.13. The lowest BCUT2D eigenvalue weighted by Gasteiger charge is -2.39. The number of halogens is 22. The van der Waals surface area contributed by atoms with Crippen molar-refractivity contribution in [1.82, 2.24) is 0 Å². The number of alkyl halides is 22. The van der Waals surface area contributed by atoms with Crippen LogP contribution in [0.3, 0.4) is 0 Å². The van der Waals surface area contributed by atoms with Crippen molar-refractivity contribution in [2.24, 2.45) is 0 Å². The molecule has 0 aromatic heterocycles. The molecule has 0 bridgehead atoms. The minimum atomic E-state index is -8.29. The number of hydrogen-bond acceptors (Lipinski definition) is 4. The molecule has 0 spiro atoms. The van der Waals surface area contributed by atoms with Gasteiger partial charge in [-0.15, -0.1) is 0 Å². The summed E-state index contributed by atoms with van der Waals surface area (Å²) in [5, 5.41) is 0. The molecule has 1 atom stereocenters. The summed E-state index contributed by atoms with van der Waals surface area (Å²) in [4.78, 5) is 11.2. The Balaban J connectivity index is 5.57. The van der Waals surface area contributed by atoms with Crippen LogP contribution in [0, 0.1) is 0 Å². The van der Waals surface area contributed by atoms with E-state index in [1.165, 1.54) is 0 Å². The van der Waals surface area contributed by atoms with Crippen LogP contribution in [0.4, 0.5) is 96.6 Å². The molecule has 0 heterocycles. The number of hydrogen-bond donors (Lipinski definition) is 0. The summed E-state index contributed by atoms with van der Waals surface area (Å²) >= 11 is 0. The third-order valence-electron chi connectivity index (χ3n) is 4.54. The molecule has 0 saturated carbocycles. The van der Waals surface area contributed by atoms with Crippen LogP contribution >= 0.6 is 7.82 Å². The van der Waals surface area contributed by atoms with Gasteiger partial charge in [-0.2, -0.15) is 96.6 Å². The second-order valence-corrected chi connectivity index (χ2v) is 8.88. The molecule has 27 heteroatoms. The van der Waals surface area contributed by atoms with Crippen molar-refractivity contribution in [2.75, 3.05) is 13.2 Å². The standard InChI is InChI=1S/C14H9F22O4P/c15-5(16,7(19,20)9(23,24)10(25,26)12(29,30)14(34,35)36)1-3-39-41(37,38)40-4-2-6(17,18)8(21,22)11(27,28)13(31,32)33/h1-4H2,(H,37,38)/p-1. The lowest BCUT2D eigenvalue weighted by Crippen LogP contribution is -2.70. The van der Waals surface area contributed by atoms with Crippen molar-refractivity contribution in [3.05, 3.63) is 0 Å². The molecule has 0 aromatic rings. The zero-order valence-electron chi connectivity index (χ0n) is 18.2. The lowest BCUT2D eigenvalue weighted by atomic mass is 9.93.